The molecule has 0 fully saturated rings. The minimum absolute atomic E-state index is 0.0145. The lowest BCUT2D eigenvalue weighted by atomic mass is 10.1. The lowest BCUT2D eigenvalue weighted by Crippen LogP contribution is -2.14. The van der Waals surface area contributed by atoms with Crippen molar-refractivity contribution in [2.24, 2.45) is 0 Å². The number of amides is 1. The molecule has 2 aromatic carbocycles. The van der Waals surface area contributed by atoms with Crippen LogP contribution in [0, 0.1) is 5.82 Å². The van der Waals surface area contributed by atoms with Crippen molar-refractivity contribution in [1.82, 2.24) is 0 Å². The number of benzene rings is 2. The molecule has 0 aliphatic carbocycles. The summed E-state index contributed by atoms with van der Waals surface area (Å²) in [5.41, 5.74) is 0.212. The first-order chi connectivity index (χ1) is 10.5. The van der Waals surface area contributed by atoms with Gasteiger partial charge < -0.3 is 10.1 Å². The van der Waals surface area contributed by atoms with E-state index in [0.717, 1.165) is 12.1 Å². The van der Waals surface area contributed by atoms with E-state index in [1.54, 1.807) is 12.1 Å². The van der Waals surface area contributed by atoms with Crippen LogP contribution in [0.25, 0.3) is 0 Å². The van der Waals surface area contributed by atoms with Crippen LogP contribution in [-0.4, -0.2) is 18.8 Å². The largest absolute Gasteiger partial charge is 0.496 e. The van der Waals surface area contributed by atoms with Crippen LogP contribution in [0.4, 0.5) is 18.9 Å². The van der Waals surface area contributed by atoms with Crippen LogP contribution in [0.1, 0.15) is 10.4 Å². The fraction of sp³-hybridized carbons (Fsp3) is 0.133. The summed E-state index contributed by atoms with van der Waals surface area (Å²) in [6.45, 7) is 0. The number of methoxy groups -OCH3 is 1. The van der Waals surface area contributed by atoms with Gasteiger partial charge in [0.1, 0.15) is 11.6 Å². The van der Waals surface area contributed by atoms with Crippen LogP contribution in [0.5, 0.6) is 5.75 Å². The Morgan fingerprint density at radius 2 is 1.95 bits per heavy atom. The molecule has 0 unspecified atom stereocenters. The summed E-state index contributed by atoms with van der Waals surface area (Å²) in [6, 6.07) is 9.66. The maximum absolute atomic E-state index is 13.3. The van der Waals surface area contributed by atoms with Crippen molar-refractivity contribution in [1.29, 1.82) is 0 Å². The van der Waals surface area contributed by atoms with Gasteiger partial charge in [0, 0.05) is 4.90 Å². The molecule has 3 nitrogen and oxygen atoms in total. The zero-order valence-electron chi connectivity index (χ0n) is 11.5. The Morgan fingerprint density at radius 1 is 1.23 bits per heavy atom. The third kappa shape index (κ3) is 3.94. The van der Waals surface area contributed by atoms with Crippen LogP contribution in [-0.2, 0) is 0 Å². The number of alkyl halides is 2. The van der Waals surface area contributed by atoms with Crippen molar-refractivity contribution in [3.05, 3.63) is 53.8 Å². The van der Waals surface area contributed by atoms with Gasteiger partial charge in [-0.25, -0.2) is 4.39 Å². The Balaban J connectivity index is 2.28. The Morgan fingerprint density at radius 3 is 2.64 bits per heavy atom. The predicted molar refractivity (Wildman–Crippen MR) is 79.2 cm³/mol. The van der Waals surface area contributed by atoms with Crippen molar-refractivity contribution in [3.8, 4) is 5.75 Å². The summed E-state index contributed by atoms with van der Waals surface area (Å²) >= 11 is 0.322. The highest BCUT2D eigenvalue weighted by molar-refractivity contribution is 7.99. The number of rotatable bonds is 5. The van der Waals surface area contributed by atoms with Crippen LogP contribution in [0.2, 0.25) is 0 Å². The smallest absolute Gasteiger partial charge is 0.288 e. The molecule has 0 aromatic heterocycles. The number of para-hydroxylation sites is 1. The van der Waals surface area contributed by atoms with Gasteiger partial charge in [0.25, 0.3) is 11.7 Å². The number of carbonyl (C=O) groups is 1. The second-order valence-corrected chi connectivity index (χ2v) is 5.21. The van der Waals surface area contributed by atoms with E-state index in [4.69, 9.17) is 4.74 Å². The maximum Gasteiger partial charge on any atom is 0.288 e. The van der Waals surface area contributed by atoms with E-state index >= 15 is 0 Å². The van der Waals surface area contributed by atoms with E-state index < -0.39 is 17.5 Å². The molecule has 0 radical (unpaired) electrons. The van der Waals surface area contributed by atoms with Crippen LogP contribution >= 0.6 is 11.8 Å². The zero-order valence-corrected chi connectivity index (χ0v) is 12.3. The van der Waals surface area contributed by atoms with Crippen molar-refractivity contribution in [2.75, 3.05) is 12.4 Å². The third-order valence-electron chi connectivity index (χ3n) is 2.76. The number of carbonyl (C=O) groups excluding carboxylic acids is 1. The first-order valence-electron chi connectivity index (χ1n) is 6.20. The number of thioether (sulfide) groups is 1. The monoisotopic (exact) mass is 327 g/mol. The van der Waals surface area contributed by atoms with Gasteiger partial charge in [-0.2, -0.15) is 8.78 Å². The molecule has 0 spiro atoms. The van der Waals surface area contributed by atoms with E-state index in [9.17, 15) is 18.0 Å². The summed E-state index contributed by atoms with van der Waals surface area (Å²) in [5, 5.41) is 2.49. The number of ether oxygens (including phenoxy) is 1. The van der Waals surface area contributed by atoms with Gasteiger partial charge in [-0.05, 0) is 30.3 Å². The number of hydrogen-bond acceptors (Lipinski definition) is 3. The average Bonchev–Trinajstić information content (AvgIpc) is 2.48. The fourth-order valence-electron chi connectivity index (χ4n) is 1.82. The molecule has 0 heterocycles. The molecule has 0 bridgehead atoms. The van der Waals surface area contributed by atoms with Crippen molar-refractivity contribution >= 4 is 23.4 Å². The van der Waals surface area contributed by atoms with E-state index in [1.165, 1.54) is 25.3 Å². The highest BCUT2D eigenvalue weighted by atomic mass is 32.2. The normalized spacial score (nSPS) is 10.6. The predicted octanol–water partition coefficient (Wildman–Crippen LogP) is 4.40. The van der Waals surface area contributed by atoms with Crippen molar-refractivity contribution in [2.45, 2.75) is 10.7 Å². The van der Waals surface area contributed by atoms with Crippen molar-refractivity contribution < 1.29 is 22.7 Å². The highest BCUT2D eigenvalue weighted by Crippen LogP contribution is 2.32. The van der Waals surface area contributed by atoms with Gasteiger partial charge >= 0.3 is 0 Å². The van der Waals surface area contributed by atoms with Crippen LogP contribution in [0.15, 0.2) is 47.4 Å². The Hall–Kier alpha value is -2.15. The summed E-state index contributed by atoms with van der Waals surface area (Å²) in [5.74, 6) is -3.65. The number of halogens is 3. The first-order valence-corrected chi connectivity index (χ1v) is 7.08. The topological polar surface area (TPSA) is 38.3 Å². The first kappa shape index (κ1) is 16.2. The second-order valence-electron chi connectivity index (χ2n) is 4.17. The van der Waals surface area contributed by atoms with Gasteiger partial charge in [0.15, 0.2) is 0 Å². The van der Waals surface area contributed by atoms with Crippen LogP contribution < -0.4 is 10.1 Å². The summed E-state index contributed by atoms with van der Waals surface area (Å²) < 4.78 is 43.3. The van der Waals surface area contributed by atoms with E-state index in [-0.39, 0.29) is 21.9 Å². The zero-order chi connectivity index (χ0) is 16.1. The van der Waals surface area contributed by atoms with E-state index in [2.05, 4.69) is 5.32 Å². The molecule has 0 aliphatic rings. The molecule has 0 saturated carbocycles. The molecule has 116 valence electrons. The number of anilines is 1. The lowest BCUT2D eigenvalue weighted by molar-refractivity contribution is 0.102. The summed E-state index contributed by atoms with van der Waals surface area (Å²) in [6.07, 6.45) is 0. The molecule has 7 heteroatoms. The minimum atomic E-state index is -2.61. The third-order valence-corrected chi connectivity index (χ3v) is 3.55. The highest BCUT2D eigenvalue weighted by Gasteiger charge is 2.16. The molecule has 0 atom stereocenters. The summed E-state index contributed by atoms with van der Waals surface area (Å²) in [4.78, 5) is 12.5. The molecule has 2 aromatic rings. The summed E-state index contributed by atoms with van der Waals surface area (Å²) in [7, 11) is 1.35. The second kappa shape index (κ2) is 7.22. The van der Waals surface area contributed by atoms with Crippen molar-refractivity contribution in [3.63, 3.8) is 0 Å². The molecule has 1 amide bonds. The van der Waals surface area contributed by atoms with E-state index in [1.807, 2.05) is 0 Å². The Labute approximate surface area is 129 Å². The lowest BCUT2D eigenvalue weighted by Gasteiger charge is -2.12. The van der Waals surface area contributed by atoms with Gasteiger partial charge in [0.05, 0.1) is 18.4 Å². The molecular weight excluding hydrogens is 315 g/mol. The minimum Gasteiger partial charge on any atom is -0.496 e. The van der Waals surface area contributed by atoms with Gasteiger partial charge in [0.2, 0.25) is 0 Å². The maximum atomic E-state index is 13.3. The van der Waals surface area contributed by atoms with Gasteiger partial charge in [-0.1, -0.05) is 23.9 Å². The number of hydrogen-bond donors (Lipinski definition) is 1. The molecular formula is C15H12F3NO2S. The Bertz CT molecular complexity index is 680. The molecule has 0 aliphatic heterocycles. The number of nitrogens with one attached hydrogen (secondary N) is 1. The Kier molecular flexibility index (Phi) is 5.32. The van der Waals surface area contributed by atoms with Gasteiger partial charge in [-0.3, -0.25) is 4.79 Å². The average molecular weight is 327 g/mol. The van der Waals surface area contributed by atoms with E-state index in [0.29, 0.717) is 11.8 Å². The quantitative estimate of drug-likeness (QED) is 0.827. The molecule has 1 N–H and O–H groups in total. The fourth-order valence-corrected chi connectivity index (χ4v) is 2.41. The van der Waals surface area contributed by atoms with Crippen LogP contribution in [0.3, 0.4) is 0 Å². The standard InChI is InChI=1S/C15H12F3NO2S/c1-21-12-7-6-9(16)8-10(12)14(20)19-11-4-2-3-5-13(11)22-15(17)18/h2-8,15H,1H3,(H,19,20). The molecule has 22 heavy (non-hydrogen) atoms. The molecule has 2 rings (SSSR count). The molecule has 0 saturated heterocycles. The van der Waals surface area contributed by atoms with Gasteiger partial charge in [-0.15, -0.1) is 0 Å². The SMILES string of the molecule is COc1ccc(F)cc1C(=O)Nc1ccccc1SC(F)F.